The molecule has 1 unspecified atom stereocenters. The molecule has 0 saturated heterocycles. The fourth-order valence-electron chi connectivity index (χ4n) is 2.60. The Morgan fingerprint density at radius 3 is 1.90 bits per heavy atom. The molecule has 0 aromatic rings. The Bertz CT molecular complexity index is 348. The number of amides is 1. The smallest absolute Gasteiger partial charge is 0.305 e. The third-order valence-corrected chi connectivity index (χ3v) is 4.14. The van der Waals surface area contributed by atoms with Crippen LogP contribution in [0.3, 0.4) is 0 Å². The van der Waals surface area contributed by atoms with E-state index in [1.54, 1.807) is 6.92 Å². The van der Waals surface area contributed by atoms with E-state index in [9.17, 15) is 14.7 Å². The number of carboxylic acids is 1. The molecule has 0 fully saturated rings. The molecule has 0 radical (unpaired) electrons. The van der Waals surface area contributed by atoms with Crippen molar-refractivity contribution >= 4 is 11.9 Å². The highest BCUT2D eigenvalue weighted by atomic mass is 16.4. The molecule has 0 aromatic carbocycles. The number of nitrogens with one attached hydrogen (secondary N) is 1. The van der Waals surface area contributed by atoms with Gasteiger partial charge in [-0.2, -0.15) is 0 Å². The van der Waals surface area contributed by atoms with Gasteiger partial charge in [-0.05, 0) is 25.7 Å². The number of hydrogen-bond acceptors (Lipinski definition) is 3. The highest BCUT2D eigenvalue weighted by molar-refractivity contribution is 5.79. The van der Waals surface area contributed by atoms with E-state index in [-0.39, 0.29) is 24.7 Å². The zero-order chi connectivity index (χ0) is 16.7. The maximum Gasteiger partial charge on any atom is 0.305 e. The minimum atomic E-state index is -0.991. The van der Waals surface area contributed by atoms with E-state index in [4.69, 9.17) is 5.11 Å². The number of hydrogen-bond donors (Lipinski definition) is 3. The quantitative estimate of drug-likeness (QED) is 0.579. The second-order valence-electron chi connectivity index (χ2n) is 6.59. The van der Waals surface area contributed by atoms with Crippen LogP contribution in [0.15, 0.2) is 0 Å². The number of carbonyl (C=O) groups excluding carboxylic acids is 1. The van der Waals surface area contributed by atoms with Gasteiger partial charge in [0.05, 0.1) is 18.4 Å². The molecule has 124 valence electrons. The Morgan fingerprint density at radius 1 is 1.10 bits per heavy atom. The summed E-state index contributed by atoms with van der Waals surface area (Å²) in [6.45, 7) is 9.45. The third-order valence-electron chi connectivity index (χ3n) is 4.14. The summed E-state index contributed by atoms with van der Waals surface area (Å²) in [5, 5.41) is 22.3. The van der Waals surface area contributed by atoms with Crippen LogP contribution in [0.4, 0.5) is 0 Å². The maximum atomic E-state index is 12.2. The molecule has 21 heavy (non-hydrogen) atoms. The Balaban J connectivity index is 4.87. The van der Waals surface area contributed by atoms with Crippen LogP contribution in [0.2, 0.25) is 0 Å². The molecular formula is C16H31NO4. The SMILES string of the molecule is CCCC(O)(CCC)CC(=O)NC(C)(CC(=O)O)C(C)C. The highest BCUT2D eigenvalue weighted by Gasteiger charge is 2.35. The molecule has 5 heteroatoms. The van der Waals surface area contributed by atoms with Gasteiger partial charge >= 0.3 is 5.97 Å². The fraction of sp³-hybridized carbons (Fsp3) is 0.875. The van der Waals surface area contributed by atoms with E-state index < -0.39 is 17.1 Å². The Hall–Kier alpha value is -1.10. The summed E-state index contributed by atoms with van der Waals surface area (Å²) in [5.41, 5.74) is -1.79. The number of rotatable bonds is 10. The number of carbonyl (C=O) groups is 2. The van der Waals surface area contributed by atoms with Crippen LogP contribution in [0.25, 0.3) is 0 Å². The van der Waals surface area contributed by atoms with Crippen molar-refractivity contribution in [3.05, 3.63) is 0 Å². The fourth-order valence-corrected chi connectivity index (χ4v) is 2.60. The molecule has 0 spiro atoms. The van der Waals surface area contributed by atoms with E-state index in [0.717, 1.165) is 12.8 Å². The van der Waals surface area contributed by atoms with Crippen LogP contribution < -0.4 is 5.32 Å². The van der Waals surface area contributed by atoms with Crippen molar-refractivity contribution in [1.82, 2.24) is 5.32 Å². The van der Waals surface area contributed by atoms with Crippen LogP contribution in [0, 0.1) is 5.92 Å². The standard InChI is InChI=1S/C16H31NO4/c1-6-8-16(21,9-7-2)10-13(18)17-15(5,12(3)4)11-14(19)20/h12,21H,6-11H2,1-5H3,(H,17,18)(H,19,20). The summed E-state index contributed by atoms with van der Waals surface area (Å²) in [6, 6.07) is 0. The predicted molar refractivity (Wildman–Crippen MR) is 83.0 cm³/mol. The van der Waals surface area contributed by atoms with Crippen LogP contribution >= 0.6 is 0 Å². The third kappa shape index (κ3) is 6.93. The van der Waals surface area contributed by atoms with Crippen molar-refractivity contribution in [2.24, 2.45) is 5.92 Å². The largest absolute Gasteiger partial charge is 0.481 e. The van der Waals surface area contributed by atoms with Gasteiger partial charge in [-0.15, -0.1) is 0 Å². The lowest BCUT2D eigenvalue weighted by Crippen LogP contribution is -2.52. The van der Waals surface area contributed by atoms with Crippen LogP contribution in [0.1, 0.15) is 73.1 Å². The van der Waals surface area contributed by atoms with Gasteiger partial charge in [0.2, 0.25) is 5.91 Å². The zero-order valence-corrected chi connectivity index (χ0v) is 14.0. The lowest BCUT2D eigenvalue weighted by atomic mass is 9.83. The summed E-state index contributed by atoms with van der Waals surface area (Å²) < 4.78 is 0. The van der Waals surface area contributed by atoms with Gasteiger partial charge < -0.3 is 15.5 Å². The topological polar surface area (TPSA) is 86.6 Å². The van der Waals surface area contributed by atoms with Crippen LogP contribution in [-0.2, 0) is 9.59 Å². The minimum absolute atomic E-state index is 0.0111. The van der Waals surface area contributed by atoms with E-state index in [0.29, 0.717) is 12.8 Å². The van der Waals surface area contributed by atoms with Crippen LogP contribution in [0.5, 0.6) is 0 Å². The lowest BCUT2D eigenvalue weighted by molar-refractivity contribution is -0.140. The van der Waals surface area contributed by atoms with Gasteiger partial charge in [0.1, 0.15) is 0 Å². The van der Waals surface area contributed by atoms with E-state index in [1.165, 1.54) is 0 Å². The summed E-state index contributed by atoms with van der Waals surface area (Å²) in [7, 11) is 0. The Labute approximate surface area is 128 Å². The van der Waals surface area contributed by atoms with Gasteiger partial charge in [0.25, 0.3) is 0 Å². The average Bonchev–Trinajstić information content (AvgIpc) is 2.26. The van der Waals surface area contributed by atoms with E-state index in [2.05, 4.69) is 5.32 Å². The van der Waals surface area contributed by atoms with Gasteiger partial charge in [-0.25, -0.2) is 0 Å². The summed E-state index contributed by atoms with van der Waals surface area (Å²) in [4.78, 5) is 23.2. The van der Waals surface area contributed by atoms with Crippen molar-refractivity contribution in [2.75, 3.05) is 0 Å². The molecule has 0 heterocycles. The second-order valence-corrected chi connectivity index (χ2v) is 6.59. The molecule has 0 aliphatic carbocycles. The maximum absolute atomic E-state index is 12.2. The normalized spacial score (nSPS) is 14.8. The van der Waals surface area contributed by atoms with Gasteiger partial charge in [0, 0.05) is 5.54 Å². The molecule has 0 saturated carbocycles. The first-order valence-corrected chi connectivity index (χ1v) is 7.83. The van der Waals surface area contributed by atoms with Crippen molar-refractivity contribution < 1.29 is 19.8 Å². The number of aliphatic carboxylic acids is 1. The van der Waals surface area contributed by atoms with Crippen LogP contribution in [-0.4, -0.2) is 33.2 Å². The predicted octanol–water partition coefficient (Wildman–Crippen LogP) is 2.71. The molecule has 1 atom stereocenters. The molecule has 5 nitrogen and oxygen atoms in total. The summed E-state index contributed by atoms with van der Waals surface area (Å²) in [6.07, 6.45) is 2.66. The van der Waals surface area contributed by atoms with Crippen molar-refractivity contribution in [3.8, 4) is 0 Å². The summed E-state index contributed by atoms with van der Waals surface area (Å²) in [5.74, 6) is -1.23. The highest BCUT2D eigenvalue weighted by Crippen LogP contribution is 2.26. The summed E-state index contributed by atoms with van der Waals surface area (Å²) >= 11 is 0. The van der Waals surface area contributed by atoms with Gasteiger partial charge in [-0.1, -0.05) is 40.5 Å². The zero-order valence-electron chi connectivity index (χ0n) is 14.0. The first-order chi connectivity index (χ1) is 9.58. The monoisotopic (exact) mass is 301 g/mol. The second kappa shape index (κ2) is 8.37. The molecule has 0 rings (SSSR count). The molecule has 0 aliphatic heterocycles. The van der Waals surface area contributed by atoms with Crippen molar-refractivity contribution in [1.29, 1.82) is 0 Å². The van der Waals surface area contributed by atoms with Gasteiger partial charge in [-0.3, -0.25) is 9.59 Å². The number of carboxylic acid groups (broad SMARTS) is 1. The van der Waals surface area contributed by atoms with E-state index in [1.807, 2.05) is 27.7 Å². The molecular weight excluding hydrogens is 270 g/mol. The van der Waals surface area contributed by atoms with Crippen molar-refractivity contribution in [3.63, 3.8) is 0 Å². The molecule has 1 amide bonds. The average molecular weight is 301 g/mol. The van der Waals surface area contributed by atoms with E-state index >= 15 is 0 Å². The van der Waals surface area contributed by atoms with Gasteiger partial charge in [0.15, 0.2) is 0 Å². The molecule has 0 aliphatic rings. The number of aliphatic hydroxyl groups is 1. The molecule has 0 bridgehead atoms. The Morgan fingerprint density at radius 2 is 1.57 bits per heavy atom. The first-order valence-electron chi connectivity index (χ1n) is 7.83. The van der Waals surface area contributed by atoms with Crippen molar-refractivity contribution in [2.45, 2.75) is 84.3 Å². The minimum Gasteiger partial charge on any atom is -0.481 e. The molecule has 3 N–H and O–H groups in total. The Kier molecular flexibility index (Phi) is 7.93. The first kappa shape index (κ1) is 19.9. The molecule has 0 aromatic heterocycles. The lowest BCUT2D eigenvalue weighted by Gasteiger charge is -2.35.